The number of hydrogen-bond donors (Lipinski definition) is 3. The molecule has 0 aliphatic rings. The Kier molecular flexibility index (Phi) is 5.64. The maximum Gasteiger partial charge on any atom is 0.234 e. The van der Waals surface area contributed by atoms with Gasteiger partial charge in [0.1, 0.15) is 0 Å². The Labute approximate surface area is 110 Å². The third kappa shape index (κ3) is 4.01. The fourth-order valence-electron chi connectivity index (χ4n) is 1.47. The molecule has 0 bridgehead atoms. The molecule has 1 heterocycles. The van der Waals surface area contributed by atoms with Crippen molar-refractivity contribution in [3.05, 3.63) is 11.4 Å². The Hall–Kier alpha value is -1.05. The third-order valence-corrected chi connectivity index (χ3v) is 3.61. The van der Waals surface area contributed by atoms with Gasteiger partial charge in [-0.05, 0) is 13.8 Å². The van der Waals surface area contributed by atoms with E-state index in [1.165, 1.54) is 11.8 Å². The molecule has 102 valence electrons. The van der Waals surface area contributed by atoms with Crippen molar-refractivity contribution >= 4 is 23.4 Å². The average molecular weight is 273 g/mol. The van der Waals surface area contributed by atoms with Crippen LogP contribution in [0.15, 0.2) is 0 Å². The Morgan fingerprint density at radius 1 is 1.56 bits per heavy atom. The van der Waals surface area contributed by atoms with Crippen LogP contribution in [-0.4, -0.2) is 50.1 Å². The number of nitrogens with one attached hydrogen (secondary N) is 1. The number of aliphatic hydroxyl groups excluding tert-OH is 2. The van der Waals surface area contributed by atoms with Gasteiger partial charge in [-0.2, -0.15) is 5.10 Å². The molecule has 0 saturated carbocycles. The molecule has 0 spiro atoms. The predicted molar refractivity (Wildman–Crippen MR) is 71.7 cm³/mol. The van der Waals surface area contributed by atoms with E-state index in [0.29, 0.717) is 5.75 Å². The Bertz CT molecular complexity index is 420. The molecule has 1 aromatic heterocycles. The predicted octanol–water partition coefficient (Wildman–Crippen LogP) is 0.0618. The molecule has 1 rings (SSSR count). The molecule has 18 heavy (non-hydrogen) atoms. The van der Waals surface area contributed by atoms with Gasteiger partial charge in [0.15, 0.2) is 0 Å². The molecular weight excluding hydrogens is 254 g/mol. The van der Waals surface area contributed by atoms with Crippen LogP contribution in [0.1, 0.15) is 11.4 Å². The SMILES string of the molecule is Cc1nn(C)c(C)c1NC(=O)CSCC(O)CO. The average Bonchev–Trinajstić information content (AvgIpc) is 2.56. The third-order valence-electron chi connectivity index (χ3n) is 2.53. The van der Waals surface area contributed by atoms with E-state index < -0.39 is 6.10 Å². The number of carbonyl (C=O) groups excluding carboxylic acids is 1. The molecule has 6 nitrogen and oxygen atoms in total. The lowest BCUT2D eigenvalue weighted by molar-refractivity contribution is -0.113. The van der Waals surface area contributed by atoms with Gasteiger partial charge in [0.25, 0.3) is 0 Å². The van der Waals surface area contributed by atoms with Gasteiger partial charge in [-0.1, -0.05) is 0 Å². The number of nitrogens with zero attached hydrogens (tertiary/aromatic N) is 2. The highest BCUT2D eigenvalue weighted by Crippen LogP contribution is 2.18. The second kappa shape index (κ2) is 6.77. The number of carbonyl (C=O) groups is 1. The maximum atomic E-state index is 11.7. The van der Waals surface area contributed by atoms with Crippen LogP contribution in [0.2, 0.25) is 0 Å². The number of rotatable bonds is 6. The number of aliphatic hydroxyl groups is 2. The summed E-state index contributed by atoms with van der Waals surface area (Å²) in [7, 11) is 1.82. The van der Waals surface area contributed by atoms with Crippen LogP contribution < -0.4 is 5.32 Å². The first-order valence-electron chi connectivity index (χ1n) is 5.62. The molecule has 0 aliphatic heterocycles. The van der Waals surface area contributed by atoms with E-state index in [1.807, 2.05) is 20.9 Å². The second-order valence-corrected chi connectivity index (χ2v) is 5.10. The molecule has 0 aromatic carbocycles. The lowest BCUT2D eigenvalue weighted by Gasteiger charge is -2.07. The van der Waals surface area contributed by atoms with Crippen molar-refractivity contribution in [2.45, 2.75) is 20.0 Å². The Morgan fingerprint density at radius 2 is 2.22 bits per heavy atom. The lowest BCUT2D eigenvalue weighted by Crippen LogP contribution is -2.19. The summed E-state index contributed by atoms with van der Waals surface area (Å²) in [5.74, 6) is 0.448. The first-order valence-corrected chi connectivity index (χ1v) is 6.78. The van der Waals surface area contributed by atoms with Gasteiger partial charge in [0.05, 0.1) is 35.5 Å². The second-order valence-electron chi connectivity index (χ2n) is 4.07. The zero-order chi connectivity index (χ0) is 13.7. The minimum atomic E-state index is -0.773. The van der Waals surface area contributed by atoms with Crippen molar-refractivity contribution in [3.8, 4) is 0 Å². The molecule has 1 atom stereocenters. The largest absolute Gasteiger partial charge is 0.394 e. The molecule has 1 aromatic rings. The normalized spacial score (nSPS) is 12.5. The van der Waals surface area contributed by atoms with Crippen molar-refractivity contribution in [1.82, 2.24) is 9.78 Å². The summed E-state index contributed by atoms with van der Waals surface area (Å²) in [4.78, 5) is 11.7. The summed E-state index contributed by atoms with van der Waals surface area (Å²) >= 11 is 1.28. The van der Waals surface area contributed by atoms with Gasteiger partial charge >= 0.3 is 0 Å². The summed E-state index contributed by atoms with van der Waals surface area (Å²) in [6, 6.07) is 0. The number of hydrogen-bond acceptors (Lipinski definition) is 5. The minimum Gasteiger partial charge on any atom is -0.394 e. The van der Waals surface area contributed by atoms with Crippen LogP contribution in [0.4, 0.5) is 5.69 Å². The van der Waals surface area contributed by atoms with E-state index in [4.69, 9.17) is 10.2 Å². The van der Waals surface area contributed by atoms with E-state index in [9.17, 15) is 4.79 Å². The molecule has 7 heteroatoms. The van der Waals surface area contributed by atoms with E-state index in [2.05, 4.69) is 10.4 Å². The van der Waals surface area contributed by atoms with Gasteiger partial charge in [0, 0.05) is 12.8 Å². The number of aromatic nitrogens is 2. The molecule has 0 aliphatic carbocycles. The molecule has 1 amide bonds. The highest BCUT2D eigenvalue weighted by atomic mass is 32.2. The van der Waals surface area contributed by atoms with Crippen molar-refractivity contribution in [2.75, 3.05) is 23.4 Å². The van der Waals surface area contributed by atoms with Gasteiger partial charge in [-0.15, -0.1) is 11.8 Å². The van der Waals surface area contributed by atoms with Crippen LogP contribution in [0, 0.1) is 13.8 Å². The topological polar surface area (TPSA) is 87.4 Å². The van der Waals surface area contributed by atoms with Gasteiger partial charge in [-0.25, -0.2) is 0 Å². The quantitative estimate of drug-likeness (QED) is 0.682. The summed E-state index contributed by atoms with van der Waals surface area (Å²) in [5, 5.41) is 24.8. The van der Waals surface area contributed by atoms with Crippen LogP contribution in [0.25, 0.3) is 0 Å². The number of anilines is 1. The van der Waals surface area contributed by atoms with Crippen LogP contribution >= 0.6 is 11.8 Å². The zero-order valence-corrected chi connectivity index (χ0v) is 11.6. The summed E-state index contributed by atoms with van der Waals surface area (Å²) in [6.45, 7) is 3.44. The molecule has 1 unspecified atom stereocenters. The van der Waals surface area contributed by atoms with E-state index in [0.717, 1.165) is 17.1 Å². The van der Waals surface area contributed by atoms with Gasteiger partial charge in [-0.3, -0.25) is 9.48 Å². The van der Waals surface area contributed by atoms with Crippen LogP contribution in [-0.2, 0) is 11.8 Å². The van der Waals surface area contributed by atoms with Crippen molar-refractivity contribution in [3.63, 3.8) is 0 Å². The fourth-order valence-corrected chi connectivity index (χ4v) is 2.22. The molecule has 0 fully saturated rings. The standard InChI is InChI=1S/C11H19N3O3S/c1-7-11(8(2)14(3)13-7)12-10(17)6-18-5-9(16)4-15/h9,15-16H,4-6H2,1-3H3,(H,12,17). The highest BCUT2D eigenvalue weighted by Gasteiger charge is 2.12. The molecule has 0 saturated heterocycles. The molecule has 3 N–H and O–H groups in total. The monoisotopic (exact) mass is 273 g/mol. The molecular formula is C11H19N3O3S. The highest BCUT2D eigenvalue weighted by molar-refractivity contribution is 8.00. The Morgan fingerprint density at radius 3 is 2.72 bits per heavy atom. The van der Waals surface area contributed by atoms with Crippen LogP contribution in [0.5, 0.6) is 0 Å². The van der Waals surface area contributed by atoms with Gasteiger partial charge in [0.2, 0.25) is 5.91 Å². The fraction of sp³-hybridized carbons (Fsp3) is 0.636. The number of amides is 1. The smallest absolute Gasteiger partial charge is 0.234 e. The first kappa shape index (κ1) is 15.0. The van der Waals surface area contributed by atoms with E-state index in [1.54, 1.807) is 4.68 Å². The minimum absolute atomic E-state index is 0.135. The number of thioether (sulfide) groups is 1. The number of aryl methyl sites for hydroxylation is 2. The van der Waals surface area contributed by atoms with E-state index in [-0.39, 0.29) is 18.3 Å². The van der Waals surface area contributed by atoms with Crippen molar-refractivity contribution in [1.29, 1.82) is 0 Å². The van der Waals surface area contributed by atoms with E-state index >= 15 is 0 Å². The van der Waals surface area contributed by atoms with Crippen molar-refractivity contribution in [2.24, 2.45) is 7.05 Å². The van der Waals surface area contributed by atoms with Gasteiger partial charge < -0.3 is 15.5 Å². The Balaban J connectivity index is 2.45. The summed E-state index contributed by atoms with van der Waals surface area (Å²) in [5.41, 5.74) is 2.43. The maximum absolute atomic E-state index is 11.7. The summed E-state index contributed by atoms with van der Waals surface area (Å²) in [6.07, 6.45) is -0.773. The lowest BCUT2D eigenvalue weighted by atomic mass is 10.3. The first-order chi connectivity index (χ1) is 8.45. The van der Waals surface area contributed by atoms with Crippen molar-refractivity contribution < 1.29 is 15.0 Å². The summed E-state index contributed by atoms with van der Waals surface area (Å²) < 4.78 is 1.72. The molecule has 0 radical (unpaired) electrons. The van der Waals surface area contributed by atoms with Crippen LogP contribution in [0.3, 0.4) is 0 Å². The zero-order valence-electron chi connectivity index (χ0n) is 10.8.